The number of pyridine rings is 1. The van der Waals surface area contributed by atoms with E-state index in [-0.39, 0.29) is 5.54 Å². The molecule has 0 aliphatic heterocycles. The first kappa shape index (κ1) is 10.3. The van der Waals surface area contributed by atoms with Crippen molar-refractivity contribution in [1.29, 1.82) is 0 Å². The Kier molecular flexibility index (Phi) is 2.80. The topological polar surface area (TPSA) is 34.2 Å². The molecule has 0 aromatic carbocycles. The molecule has 0 amide bonds. The van der Waals surface area contributed by atoms with E-state index in [1.807, 2.05) is 12.1 Å². The Bertz CT molecular complexity index is 329. The van der Waals surface area contributed by atoms with Gasteiger partial charge in [0.15, 0.2) is 11.6 Å². The zero-order valence-corrected chi connectivity index (χ0v) is 9.42. The van der Waals surface area contributed by atoms with Crippen molar-refractivity contribution in [2.45, 2.75) is 38.1 Å². The number of methoxy groups -OCH3 is 1. The lowest BCUT2D eigenvalue weighted by Gasteiger charge is -2.42. The van der Waals surface area contributed by atoms with Crippen LogP contribution < -0.4 is 10.1 Å². The third-order valence-electron chi connectivity index (χ3n) is 3.36. The molecular weight excluding hydrogens is 188 g/mol. The van der Waals surface area contributed by atoms with Crippen LogP contribution in [0.2, 0.25) is 0 Å². The zero-order valence-electron chi connectivity index (χ0n) is 9.42. The third-order valence-corrected chi connectivity index (χ3v) is 3.36. The van der Waals surface area contributed by atoms with Crippen LogP contribution in [0.4, 0.5) is 5.82 Å². The highest BCUT2D eigenvalue weighted by molar-refractivity contribution is 5.51. The van der Waals surface area contributed by atoms with Gasteiger partial charge in [0.1, 0.15) is 0 Å². The number of aromatic nitrogens is 1. The molecule has 1 aromatic rings. The van der Waals surface area contributed by atoms with Gasteiger partial charge in [0.2, 0.25) is 0 Å². The molecule has 0 atom stereocenters. The van der Waals surface area contributed by atoms with E-state index in [0.717, 1.165) is 18.0 Å². The Morgan fingerprint density at radius 1 is 1.53 bits per heavy atom. The van der Waals surface area contributed by atoms with E-state index in [9.17, 15) is 0 Å². The van der Waals surface area contributed by atoms with Crippen molar-refractivity contribution in [3.8, 4) is 5.75 Å². The van der Waals surface area contributed by atoms with Gasteiger partial charge >= 0.3 is 0 Å². The van der Waals surface area contributed by atoms with E-state index in [1.165, 1.54) is 19.3 Å². The molecule has 1 fully saturated rings. The van der Waals surface area contributed by atoms with Crippen LogP contribution in [0.15, 0.2) is 18.3 Å². The fraction of sp³-hybridized carbons (Fsp3) is 0.583. The van der Waals surface area contributed by atoms with Gasteiger partial charge in [0, 0.05) is 11.7 Å². The lowest BCUT2D eigenvalue weighted by atomic mass is 9.75. The summed E-state index contributed by atoms with van der Waals surface area (Å²) in [5.74, 6) is 1.71. The van der Waals surface area contributed by atoms with Crippen LogP contribution in [-0.4, -0.2) is 17.6 Å². The van der Waals surface area contributed by atoms with Gasteiger partial charge < -0.3 is 10.1 Å². The van der Waals surface area contributed by atoms with Gasteiger partial charge in [-0.2, -0.15) is 0 Å². The Balaban J connectivity index is 2.15. The molecule has 1 aromatic heterocycles. The van der Waals surface area contributed by atoms with Crippen molar-refractivity contribution in [3.63, 3.8) is 0 Å². The number of hydrogen-bond donors (Lipinski definition) is 1. The summed E-state index contributed by atoms with van der Waals surface area (Å²) in [4.78, 5) is 4.33. The van der Waals surface area contributed by atoms with Crippen molar-refractivity contribution in [3.05, 3.63) is 18.3 Å². The van der Waals surface area contributed by atoms with Gasteiger partial charge in [-0.15, -0.1) is 0 Å². The quantitative estimate of drug-likeness (QED) is 0.822. The highest BCUT2D eigenvalue weighted by Gasteiger charge is 2.35. The van der Waals surface area contributed by atoms with Gasteiger partial charge in [0.05, 0.1) is 7.11 Å². The smallest absolute Gasteiger partial charge is 0.169 e. The van der Waals surface area contributed by atoms with Gasteiger partial charge in [-0.05, 0) is 37.8 Å². The maximum absolute atomic E-state index is 5.28. The molecule has 1 aliphatic carbocycles. The van der Waals surface area contributed by atoms with Gasteiger partial charge in [-0.25, -0.2) is 4.98 Å². The van der Waals surface area contributed by atoms with Crippen molar-refractivity contribution < 1.29 is 4.74 Å². The van der Waals surface area contributed by atoms with E-state index in [1.54, 1.807) is 13.3 Å². The molecule has 1 aliphatic rings. The summed E-state index contributed by atoms with van der Waals surface area (Å²) < 4.78 is 5.28. The van der Waals surface area contributed by atoms with Crippen molar-refractivity contribution in [2.24, 2.45) is 0 Å². The summed E-state index contributed by atoms with van der Waals surface area (Å²) in [7, 11) is 1.68. The Hall–Kier alpha value is -1.25. The average molecular weight is 206 g/mol. The summed E-state index contributed by atoms with van der Waals surface area (Å²) in [6.07, 6.45) is 6.74. The second-order valence-electron chi connectivity index (χ2n) is 4.17. The van der Waals surface area contributed by atoms with Crippen LogP contribution in [0.25, 0.3) is 0 Å². The first-order chi connectivity index (χ1) is 7.29. The minimum atomic E-state index is 0.266. The molecule has 1 saturated carbocycles. The molecule has 3 heteroatoms. The number of hydrogen-bond acceptors (Lipinski definition) is 3. The van der Waals surface area contributed by atoms with Gasteiger partial charge in [-0.3, -0.25) is 0 Å². The van der Waals surface area contributed by atoms with Crippen molar-refractivity contribution in [2.75, 3.05) is 12.4 Å². The molecule has 1 N–H and O–H groups in total. The number of nitrogens with one attached hydrogen (secondary N) is 1. The number of anilines is 1. The van der Waals surface area contributed by atoms with E-state index in [2.05, 4.69) is 17.2 Å². The third kappa shape index (κ3) is 1.91. The zero-order chi connectivity index (χ0) is 10.7. The molecule has 3 nitrogen and oxygen atoms in total. The van der Waals surface area contributed by atoms with E-state index < -0.39 is 0 Å². The van der Waals surface area contributed by atoms with E-state index >= 15 is 0 Å². The normalized spacial score (nSPS) is 18.0. The molecule has 0 spiro atoms. The molecule has 0 saturated heterocycles. The summed E-state index contributed by atoms with van der Waals surface area (Å²) in [5, 5.41) is 3.52. The predicted octanol–water partition coefficient (Wildman–Crippen LogP) is 2.83. The fourth-order valence-corrected chi connectivity index (χ4v) is 2.07. The van der Waals surface area contributed by atoms with Crippen LogP contribution in [-0.2, 0) is 0 Å². The monoisotopic (exact) mass is 206 g/mol. The SMILES string of the molecule is CCC1(Nc2ncccc2OC)CCC1. The standard InChI is InChI=1S/C12H18N2O/c1-3-12(7-5-8-12)14-11-10(15-2)6-4-9-13-11/h4,6,9H,3,5,7-8H2,1-2H3,(H,13,14). The van der Waals surface area contributed by atoms with Crippen LogP contribution in [0, 0.1) is 0 Å². The maximum Gasteiger partial charge on any atom is 0.169 e. The molecule has 82 valence electrons. The minimum absolute atomic E-state index is 0.266. The lowest BCUT2D eigenvalue weighted by molar-refractivity contribution is 0.267. The largest absolute Gasteiger partial charge is 0.493 e. The molecule has 0 radical (unpaired) electrons. The fourth-order valence-electron chi connectivity index (χ4n) is 2.07. The average Bonchev–Trinajstić information content (AvgIpc) is 2.24. The second-order valence-corrected chi connectivity index (χ2v) is 4.17. The lowest BCUT2D eigenvalue weighted by Crippen LogP contribution is -2.44. The summed E-state index contributed by atoms with van der Waals surface area (Å²) in [5.41, 5.74) is 0.266. The van der Waals surface area contributed by atoms with Gasteiger partial charge in [0.25, 0.3) is 0 Å². The summed E-state index contributed by atoms with van der Waals surface area (Å²) >= 11 is 0. The Labute approximate surface area is 90.9 Å². The molecule has 0 unspecified atom stereocenters. The summed E-state index contributed by atoms with van der Waals surface area (Å²) in [6.45, 7) is 2.22. The van der Waals surface area contributed by atoms with E-state index in [4.69, 9.17) is 4.74 Å². The van der Waals surface area contributed by atoms with Crippen molar-refractivity contribution >= 4 is 5.82 Å². The highest BCUT2D eigenvalue weighted by atomic mass is 16.5. The minimum Gasteiger partial charge on any atom is -0.493 e. The Morgan fingerprint density at radius 3 is 2.87 bits per heavy atom. The van der Waals surface area contributed by atoms with Gasteiger partial charge in [-0.1, -0.05) is 6.92 Å². The molecule has 1 heterocycles. The van der Waals surface area contributed by atoms with Crippen LogP contribution in [0.1, 0.15) is 32.6 Å². The maximum atomic E-state index is 5.28. The summed E-state index contributed by atoms with van der Waals surface area (Å²) in [6, 6.07) is 3.83. The molecular formula is C12H18N2O. The number of ether oxygens (including phenoxy) is 1. The first-order valence-corrected chi connectivity index (χ1v) is 5.57. The number of nitrogens with zero attached hydrogens (tertiary/aromatic N) is 1. The van der Waals surface area contributed by atoms with Crippen LogP contribution in [0.3, 0.4) is 0 Å². The van der Waals surface area contributed by atoms with Crippen LogP contribution >= 0.6 is 0 Å². The molecule has 15 heavy (non-hydrogen) atoms. The first-order valence-electron chi connectivity index (χ1n) is 5.57. The van der Waals surface area contributed by atoms with Crippen molar-refractivity contribution in [1.82, 2.24) is 4.98 Å². The number of rotatable bonds is 4. The predicted molar refractivity (Wildman–Crippen MR) is 61.3 cm³/mol. The van der Waals surface area contributed by atoms with Crippen LogP contribution in [0.5, 0.6) is 5.75 Å². The highest BCUT2D eigenvalue weighted by Crippen LogP contribution is 2.39. The molecule has 2 rings (SSSR count). The second kappa shape index (κ2) is 4.09. The van der Waals surface area contributed by atoms with E-state index in [0.29, 0.717) is 0 Å². The molecule has 0 bridgehead atoms. The Morgan fingerprint density at radius 2 is 2.33 bits per heavy atom.